The second-order valence-corrected chi connectivity index (χ2v) is 10.7. The van der Waals surface area contributed by atoms with E-state index in [1.807, 2.05) is 44.7 Å². The van der Waals surface area contributed by atoms with Crippen molar-refractivity contribution in [2.24, 2.45) is 0 Å². The molecule has 0 radical (unpaired) electrons. The summed E-state index contributed by atoms with van der Waals surface area (Å²) in [4.78, 5) is 22.1. The summed E-state index contributed by atoms with van der Waals surface area (Å²) in [6, 6.07) is 2.11. The van der Waals surface area contributed by atoms with Gasteiger partial charge in [-0.1, -0.05) is 84.1 Å². The molecule has 0 bridgehead atoms. The Morgan fingerprint density at radius 2 is 1.73 bits per heavy atom. The monoisotopic (exact) mass is 627 g/mol. The van der Waals surface area contributed by atoms with Crippen LogP contribution in [0.1, 0.15) is 80.3 Å². The van der Waals surface area contributed by atoms with E-state index in [2.05, 4.69) is 88.3 Å². The van der Waals surface area contributed by atoms with Gasteiger partial charge in [0, 0.05) is 44.4 Å². The van der Waals surface area contributed by atoms with Crippen LogP contribution in [0, 0.1) is 0 Å². The Labute approximate surface area is 273 Å². The van der Waals surface area contributed by atoms with Crippen molar-refractivity contribution in [2.45, 2.75) is 80.1 Å². The Balaban J connectivity index is 0. The minimum Gasteiger partial charge on any atom is -0.381 e. The van der Waals surface area contributed by atoms with Crippen LogP contribution in [0.2, 0.25) is 0 Å². The number of anilines is 1. The van der Waals surface area contributed by atoms with Crippen LogP contribution in [-0.4, -0.2) is 74.6 Å². The Morgan fingerprint density at radius 3 is 2.16 bits per heavy atom. The average molecular weight is 628 g/mol. The van der Waals surface area contributed by atoms with Gasteiger partial charge in [-0.15, -0.1) is 6.58 Å². The molecular weight excluding hydrogens is 566 g/mol. The second kappa shape index (κ2) is 27.8. The van der Waals surface area contributed by atoms with Crippen molar-refractivity contribution in [2.75, 3.05) is 52.4 Å². The first-order valence-electron chi connectivity index (χ1n) is 15.8. The third-order valence-corrected chi connectivity index (χ3v) is 6.06. The van der Waals surface area contributed by atoms with Gasteiger partial charge < -0.3 is 25.0 Å². The summed E-state index contributed by atoms with van der Waals surface area (Å²) in [5.74, 6) is 1.01. The summed E-state index contributed by atoms with van der Waals surface area (Å²) < 4.78 is 11.9. The van der Waals surface area contributed by atoms with Crippen molar-refractivity contribution in [3.63, 3.8) is 0 Å². The molecule has 45 heavy (non-hydrogen) atoms. The summed E-state index contributed by atoms with van der Waals surface area (Å²) in [5, 5.41) is 10.6. The van der Waals surface area contributed by atoms with Gasteiger partial charge in [-0.3, -0.25) is 9.59 Å². The molecule has 1 saturated heterocycles. The molecule has 2 heterocycles. The second-order valence-electron chi connectivity index (χ2n) is 10.7. The SMILES string of the molecule is C=CC.CC/C=C(NC=O)\C(=C/COC)CC.C\C=C(/C=C\C=C\CC)n1nc(C(C)(C)C)cc1NC.O=CN1CCOCC1. The van der Waals surface area contributed by atoms with Gasteiger partial charge in [0.1, 0.15) is 5.82 Å². The first-order chi connectivity index (χ1) is 21.6. The van der Waals surface area contributed by atoms with Crippen LogP contribution in [0.5, 0.6) is 0 Å². The molecule has 1 aromatic rings. The molecule has 2 N–H and O–H groups in total. The Morgan fingerprint density at radius 1 is 1.09 bits per heavy atom. The van der Waals surface area contributed by atoms with Crippen molar-refractivity contribution in [1.29, 1.82) is 0 Å². The van der Waals surface area contributed by atoms with Crippen LogP contribution in [0.4, 0.5) is 5.82 Å². The lowest BCUT2D eigenvalue weighted by Crippen LogP contribution is -2.34. The van der Waals surface area contributed by atoms with E-state index < -0.39 is 0 Å². The first kappa shape index (κ1) is 43.4. The van der Waals surface area contributed by atoms with Gasteiger partial charge in [-0.05, 0) is 44.8 Å². The van der Waals surface area contributed by atoms with Crippen molar-refractivity contribution in [1.82, 2.24) is 20.0 Å². The van der Waals surface area contributed by atoms with Crippen molar-refractivity contribution in [3.8, 4) is 0 Å². The largest absolute Gasteiger partial charge is 0.381 e. The maximum atomic E-state index is 10.4. The van der Waals surface area contributed by atoms with Crippen LogP contribution >= 0.6 is 0 Å². The van der Waals surface area contributed by atoms with Crippen molar-refractivity contribution < 1.29 is 19.1 Å². The van der Waals surface area contributed by atoms with Crippen LogP contribution in [-0.2, 0) is 24.5 Å². The fourth-order valence-corrected chi connectivity index (χ4v) is 3.64. The molecule has 0 aromatic carbocycles. The fourth-order valence-electron chi connectivity index (χ4n) is 3.64. The molecule has 0 spiro atoms. The Kier molecular flexibility index (Phi) is 26.9. The van der Waals surface area contributed by atoms with E-state index in [4.69, 9.17) is 14.6 Å². The van der Waals surface area contributed by atoms with Gasteiger partial charge in [-0.25, -0.2) is 4.68 Å². The lowest BCUT2D eigenvalue weighted by atomic mass is 9.92. The van der Waals surface area contributed by atoms with E-state index in [1.54, 1.807) is 18.1 Å². The van der Waals surface area contributed by atoms with Gasteiger partial charge in [-0.2, -0.15) is 5.10 Å². The molecule has 1 aliphatic rings. The number of aromatic nitrogens is 2. The number of morpholine rings is 1. The summed E-state index contributed by atoms with van der Waals surface area (Å²) in [7, 11) is 3.58. The minimum atomic E-state index is 0.0432. The average Bonchev–Trinajstić information content (AvgIpc) is 3.48. The lowest BCUT2D eigenvalue weighted by Gasteiger charge is -2.21. The molecule has 254 valence electrons. The van der Waals surface area contributed by atoms with E-state index in [9.17, 15) is 9.59 Å². The fraction of sp³-hybridized carbons (Fsp3) is 0.528. The number of hydrogen-bond acceptors (Lipinski definition) is 6. The summed E-state index contributed by atoms with van der Waals surface area (Å²) in [5.41, 5.74) is 4.19. The van der Waals surface area contributed by atoms with Crippen LogP contribution in [0.15, 0.2) is 72.5 Å². The van der Waals surface area contributed by atoms with E-state index >= 15 is 0 Å². The molecule has 1 aromatic heterocycles. The zero-order valence-electron chi connectivity index (χ0n) is 29.7. The van der Waals surface area contributed by atoms with Gasteiger partial charge in [0.05, 0.1) is 31.2 Å². The predicted molar refractivity (Wildman–Crippen MR) is 191 cm³/mol. The topological polar surface area (TPSA) is 97.7 Å². The number of methoxy groups -OCH3 is 1. The predicted octanol–water partition coefficient (Wildman–Crippen LogP) is 7.28. The summed E-state index contributed by atoms with van der Waals surface area (Å²) in [6.07, 6.45) is 20.5. The number of carbonyl (C=O) groups excluding carboxylic acids is 2. The molecular formula is C36H61N5O4. The standard InChI is InChI=1S/C17H27N3.C11H19NO2.C5H9NO2.C3H6/c1-7-9-10-11-12-14(8-2)20-16(18-6)13-15(19-20)17(3,4)5;1-4-6-11(12-9-13)10(5-2)7-8-14-3;7-5-6-1-3-8-4-2-6;1-3-2/h8-13,18H,7H2,1-6H3;6-7,9H,4-5,8H2,1-3H3,(H,12,13);5H,1-4H2;3H,1H2,2H3/b10-9+,12-11-,14-8+;10-7-,11-6+;;. The van der Waals surface area contributed by atoms with Gasteiger partial charge >= 0.3 is 0 Å². The number of nitrogens with zero attached hydrogens (tertiary/aromatic N) is 3. The number of ether oxygens (including phenoxy) is 2. The highest BCUT2D eigenvalue weighted by molar-refractivity contribution is 5.62. The highest BCUT2D eigenvalue weighted by Crippen LogP contribution is 2.26. The number of rotatable bonds is 13. The summed E-state index contributed by atoms with van der Waals surface area (Å²) in [6.45, 7) is 23.5. The van der Waals surface area contributed by atoms with Crippen LogP contribution in [0.25, 0.3) is 5.70 Å². The van der Waals surface area contributed by atoms with Crippen molar-refractivity contribution >= 4 is 24.3 Å². The normalized spacial score (nSPS) is 14.0. The molecule has 9 nitrogen and oxygen atoms in total. The van der Waals surface area contributed by atoms with E-state index in [-0.39, 0.29) is 5.41 Å². The maximum Gasteiger partial charge on any atom is 0.211 e. The molecule has 0 saturated carbocycles. The minimum absolute atomic E-state index is 0.0432. The molecule has 0 atom stereocenters. The molecule has 2 rings (SSSR count). The zero-order chi connectivity index (χ0) is 34.5. The molecule has 0 unspecified atom stereocenters. The highest BCUT2D eigenvalue weighted by Gasteiger charge is 2.20. The Hall–Kier alpha value is -3.69. The first-order valence-corrected chi connectivity index (χ1v) is 15.8. The van der Waals surface area contributed by atoms with Gasteiger partial charge in [0.15, 0.2) is 0 Å². The molecule has 9 heteroatoms. The number of amides is 2. The third kappa shape index (κ3) is 20.1. The Bertz CT molecular complexity index is 1090. The number of allylic oxidation sites excluding steroid dienone is 9. The van der Waals surface area contributed by atoms with Gasteiger partial charge in [0.25, 0.3) is 0 Å². The van der Waals surface area contributed by atoms with E-state index in [0.29, 0.717) is 26.2 Å². The quantitative estimate of drug-likeness (QED) is 0.136. The molecule has 1 fully saturated rings. The molecule has 1 aliphatic heterocycles. The van der Waals surface area contributed by atoms with Gasteiger partial charge in [0.2, 0.25) is 12.8 Å². The molecule has 2 amide bonds. The number of carbonyl (C=O) groups is 2. The smallest absolute Gasteiger partial charge is 0.211 e. The van der Waals surface area contributed by atoms with E-state index in [0.717, 1.165) is 67.2 Å². The summed E-state index contributed by atoms with van der Waals surface area (Å²) >= 11 is 0. The van der Waals surface area contributed by atoms with Crippen LogP contribution in [0.3, 0.4) is 0 Å². The van der Waals surface area contributed by atoms with Crippen LogP contribution < -0.4 is 10.6 Å². The maximum absolute atomic E-state index is 10.4. The molecule has 0 aliphatic carbocycles. The zero-order valence-corrected chi connectivity index (χ0v) is 29.7. The number of nitrogens with one attached hydrogen (secondary N) is 2. The van der Waals surface area contributed by atoms with Crippen molar-refractivity contribution in [3.05, 3.63) is 78.2 Å². The number of hydrogen-bond donors (Lipinski definition) is 2. The lowest BCUT2D eigenvalue weighted by molar-refractivity contribution is -0.121. The van der Waals surface area contributed by atoms with E-state index in [1.165, 1.54) is 0 Å². The highest BCUT2D eigenvalue weighted by atomic mass is 16.5. The third-order valence-electron chi connectivity index (χ3n) is 6.06.